The van der Waals surface area contributed by atoms with Crippen LogP contribution in [-0.4, -0.2) is 66.2 Å². The third kappa shape index (κ3) is 4.59. The summed E-state index contributed by atoms with van der Waals surface area (Å²) in [5, 5.41) is 11.2. The van der Waals surface area contributed by atoms with Gasteiger partial charge in [0.25, 0.3) is 0 Å². The van der Waals surface area contributed by atoms with Crippen LogP contribution in [0.5, 0.6) is 0 Å². The number of likely N-dealkylation sites (N-methyl/N-ethyl adjacent to an activating group) is 1. The Bertz CT molecular complexity index is 890. The van der Waals surface area contributed by atoms with Crippen LogP contribution in [0.1, 0.15) is 25.7 Å². The second-order valence-corrected chi connectivity index (χ2v) is 7.98. The standard InChI is InChI=1S/C22H28N6O2/c1-26(15-17-7-5-13-27(17)20-10-4-12-23-25-20)16-21(29)24-18-8-2-3-9-19(18)28-14-6-11-22(28)30/h2-4,8-10,12,17H,5-7,11,13-16H2,1H3,(H,24,29). The molecule has 2 aliphatic heterocycles. The van der Waals surface area contributed by atoms with E-state index in [1.165, 1.54) is 0 Å². The van der Waals surface area contributed by atoms with Crippen molar-refractivity contribution in [3.63, 3.8) is 0 Å². The maximum absolute atomic E-state index is 12.7. The molecule has 8 nitrogen and oxygen atoms in total. The van der Waals surface area contributed by atoms with Gasteiger partial charge in [-0.25, -0.2) is 0 Å². The van der Waals surface area contributed by atoms with E-state index in [1.807, 2.05) is 48.3 Å². The molecule has 0 spiro atoms. The van der Waals surface area contributed by atoms with Gasteiger partial charge in [-0.2, -0.15) is 5.10 Å². The maximum Gasteiger partial charge on any atom is 0.238 e. The van der Waals surface area contributed by atoms with Crippen molar-refractivity contribution >= 4 is 29.0 Å². The molecule has 1 atom stereocenters. The minimum atomic E-state index is -0.0827. The zero-order chi connectivity index (χ0) is 20.9. The summed E-state index contributed by atoms with van der Waals surface area (Å²) in [6.07, 6.45) is 5.28. The van der Waals surface area contributed by atoms with Crippen LogP contribution in [0.4, 0.5) is 17.2 Å². The molecule has 2 amide bonds. The van der Waals surface area contributed by atoms with Gasteiger partial charge < -0.3 is 15.1 Å². The summed E-state index contributed by atoms with van der Waals surface area (Å²) < 4.78 is 0. The van der Waals surface area contributed by atoms with Gasteiger partial charge in [-0.05, 0) is 50.6 Å². The highest BCUT2D eigenvalue weighted by atomic mass is 16.2. The Hall–Kier alpha value is -3.00. The first-order valence-electron chi connectivity index (χ1n) is 10.5. The van der Waals surface area contributed by atoms with E-state index in [4.69, 9.17) is 0 Å². The quantitative estimate of drug-likeness (QED) is 0.756. The molecule has 8 heteroatoms. The number of carbonyl (C=O) groups is 2. The third-order valence-corrected chi connectivity index (χ3v) is 5.71. The summed E-state index contributed by atoms with van der Waals surface area (Å²) in [4.78, 5) is 30.9. The van der Waals surface area contributed by atoms with Gasteiger partial charge in [-0.1, -0.05) is 12.1 Å². The lowest BCUT2D eigenvalue weighted by molar-refractivity contribution is -0.118. The van der Waals surface area contributed by atoms with E-state index >= 15 is 0 Å². The normalized spacial score (nSPS) is 19.0. The predicted molar refractivity (Wildman–Crippen MR) is 117 cm³/mol. The van der Waals surface area contributed by atoms with E-state index in [0.29, 0.717) is 24.7 Å². The van der Waals surface area contributed by atoms with Gasteiger partial charge in [0.05, 0.1) is 17.9 Å². The molecule has 3 heterocycles. The molecule has 30 heavy (non-hydrogen) atoms. The van der Waals surface area contributed by atoms with Crippen molar-refractivity contribution in [3.8, 4) is 0 Å². The van der Waals surface area contributed by atoms with Gasteiger partial charge in [0.1, 0.15) is 0 Å². The first-order chi connectivity index (χ1) is 14.6. The molecule has 1 aromatic carbocycles. The molecule has 2 saturated heterocycles. The van der Waals surface area contributed by atoms with Crippen molar-refractivity contribution in [2.75, 3.05) is 48.3 Å². The number of rotatable bonds is 7. The number of anilines is 3. The average Bonchev–Trinajstić information content (AvgIpc) is 3.38. The predicted octanol–water partition coefficient (Wildman–Crippen LogP) is 2.14. The van der Waals surface area contributed by atoms with E-state index in [1.54, 1.807) is 11.1 Å². The number of amides is 2. The Kier molecular flexibility index (Phi) is 6.23. The highest BCUT2D eigenvalue weighted by Crippen LogP contribution is 2.29. The van der Waals surface area contributed by atoms with Crippen molar-refractivity contribution < 1.29 is 9.59 Å². The van der Waals surface area contributed by atoms with Gasteiger partial charge in [0, 0.05) is 38.3 Å². The molecule has 0 saturated carbocycles. The van der Waals surface area contributed by atoms with Crippen LogP contribution in [0, 0.1) is 0 Å². The summed E-state index contributed by atoms with van der Waals surface area (Å²) in [5.41, 5.74) is 1.47. The maximum atomic E-state index is 12.7. The fraction of sp³-hybridized carbons (Fsp3) is 0.455. The third-order valence-electron chi connectivity index (χ3n) is 5.71. The van der Waals surface area contributed by atoms with Crippen molar-refractivity contribution in [3.05, 3.63) is 42.6 Å². The van der Waals surface area contributed by atoms with E-state index < -0.39 is 0 Å². The summed E-state index contributed by atoms with van der Waals surface area (Å²) in [7, 11) is 1.96. The SMILES string of the molecule is CN(CC(=O)Nc1ccccc1N1CCCC1=O)CC1CCCN1c1cccnn1. The van der Waals surface area contributed by atoms with E-state index in [0.717, 1.165) is 43.9 Å². The lowest BCUT2D eigenvalue weighted by atomic mass is 10.2. The lowest BCUT2D eigenvalue weighted by Crippen LogP contribution is -2.42. The molecule has 158 valence electrons. The average molecular weight is 409 g/mol. The minimum Gasteiger partial charge on any atom is -0.351 e. The van der Waals surface area contributed by atoms with Gasteiger partial charge in [-0.3, -0.25) is 14.5 Å². The Morgan fingerprint density at radius 3 is 2.83 bits per heavy atom. The molecule has 0 bridgehead atoms. The van der Waals surface area contributed by atoms with E-state index in [9.17, 15) is 9.59 Å². The highest BCUT2D eigenvalue weighted by molar-refractivity contribution is 6.02. The monoisotopic (exact) mass is 408 g/mol. The topological polar surface area (TPSA) is 81.7 Å². The summed E-state index contributed by atoms with van der Waals surface area (Å²) in [6.45, 7) is 2.72. The van der Waals surface area contributed by atoms with Crippen molar-refractivity contribution in [2.24, 2.45) is 0 Å². The fourth-order valence-corrected chi connectivity index (χ4v) is 4.35. The molecular formula is C22H28N6O2. The van der Waals surface area contributed by atoms with Crippen LogP contribution < -0.4 is 15.1 Å². The Morgan fingerprint density at radius 2 is 2.07 bits per heavy atom. The van der Waals surface area contributed by atoms with Crippen LogP contribution in [0.15, 0.2) is 42.6 Å². The second kappa shape index (κ2) is 9.21. The highest BCUT2D eigenvalue weighted by Gasteiger charge is 2.28. The fourth-order valence-electron chi connectivity index (χ4n) is 4.35. The number of nitrogens with one attached hydrogen (secondary N) is 1. The first-order valence-corrected chi connectivity index (χ1v) is 10.5. The Morgan fingerprint density at radius 1 is 1.20 bits per heavy atom. The molecule has 0 aliphatic carbocycles. The van der Waals surface area contributed by atoms with Gasteiger partial charge in [0.2, 0.25) is 11.8 Å². The van der Waals surface area contributed by atoms with Crippen LogP contribution >= 0.6 is 0 Å². The Labute approximate surface area is 176 Å². The molecule has 1 unspecified atom stereocenters. The van der Waals surface area contributed by atoms with Crippen LogP contribution in [0.3, 0.4) is 0 Å². The largest absolute Gasteiger partial charge is 0.351 e. The number of nitrogens with zero attached hydrogens (tertiary/aromatic N) is 5. The number of hydrogen-bond acceptors (Lipinski definition) is 6. The molecule has 0 radical (unpaired) electrons. The number of aromatic nitrogens is 2. The minimum absolute atomic E-state index is 0.0827. The molecular weight excluding hydrogens is 380 g/mol. The Balaban J connectivity index is 1.35. The molecule has 2 aromatic rings. The van der Waals surface area contributed by atoms with E-state index in [-0.39, 0.29) is 18.4 Å². The molecule has 4 rings (SSSR count). The zero-order valence-corrected chi connectivity index (χ0v) is 17.3. The summed E-state index contributed by atoms with van der Waals surface area (Å²) in [5.74, 6) is 0.918. The van der Waals surface area contributed by atoms with E-state index in [2.05, 4.69) is 20.4 Å². The van der Waals surface area contributed by atoms with Crippen molar-refractivity contribution in [1.29, 1.82) is 0 Å². The van der Waals surface area contributed by atoms with Crippen LogP contribution in [-0.2, 0) is 9.59 Å². The van der Waals surface area contributed by atoms with Gasteiger partial charge in [0.15, 0.2) is 5.82 Å². The van der Waals surface area contributed by atoms with Gasteiger partial charge in [-0.15, -0.1) is 5.10 Å². The van der Waals surface area contributed by atoms with Crippen LogP contribution in [0.25, 0.3) is 0 Å². The summed E-state index contributed by atoms with van der Waals surface area (Å²) >= 11 is 0. The number of para-hydroxylation sites is 2. The number of benzene rings is 1. The number of hydrogen-bond donors (Lipinski definition) is 1. The molecule has 1 N–H and O–H groups in total. The molecule has 2 aliphatic rings. The second-order valence-electron chi connectivity index (χ2n) is 7.98. The van der Waals surface area contributed by atoms with Gasteiger partial charge >= 0.3 is 0 Å². The van der Waals surface area contributed by atoms with Crippen LogP contribution in [0.2, 0.25) is 0 Å². The molecule has 2 fully saturated rings. The number of carbonyl (C=O) groups excluding carboxylic acids is 2. The smallest absolute Gasteiger partial charge is 0.238 e. The van der Waals surface area contributed by atoms with Crippen molar-refractivity contribution in [1.82, 2.24) is 15.1 Å². The first kappa shape index (κ1) is 20.3. The molecule has 1 aromatic heterocycles. The van der Waals surface area contributed by atoms with Crippen molar-refractivity contribution in [2.45, 2.75) is 31.7 Å². The summed E-state index contributed by atoms with van der Waals surface area (Å²) in [6, 6.07) is 11.7. The lowest BCUT2D eigenvalue weighted by Gasteiger charge is -2.29. The zero-order valence-electron chi connectivity index (χ0n) is 17.3.